The molecule has 0 atom stereocenters. The number of anilines is 2. The largest absolute Gasteiger partial charge is 0.355 e. The Labute approximate surface area is 161 Å². The van der Waals surface area contributed by atoms with Gasteiger partial charge in [-0.1, -0.05) is 37.8 Å². The second kappa shape index (κ2) is 8.51. The van der Waals surface area contributed by atoms with Crippen LogP contribution in [-0.4, -0.2) is 29.2 Å². The molecule has 1 aliphatic carbocycles. The predicted octanol–water partition coefficient (Wildman–Crippen LogP) is 4.65. The van der Waals surface area contributed by atoms with Crippen LogP contribution >= 0.6 is 0 Å². The van der Waals surface area contributed by atoms with Crippen LogP contribution in [0.3, 0.4) is 0 Å². The zero-order chi connectivity index (χ0) is 18.5. The number of rotatable bonds is 4. The van der Waals surface area contributed by atoms with Crippen molar-refractivity contribution in [2.24, 2.45) is 5.92 Å². The van der Waals surface area contributed by atoms with E-state index in [4.69, 9.17) is 0 Å². The van der Waals surface area contributed by atoms with Gasteiger partial charge in [0.2, 0.25) is 5.91 Å². The van der Waals surface area contributed by atoms with Gasteiger partial charge in [0.25, 0.3) is 0 Å². The number of hydrogen-bond acceptors (Lipinski definition) is 4. The van der Waals surface area contributed by atoms with Crippen LogP contribution in [0.4, 0.5) is 11.5 Å². The highest BCUT2D eigenvalue weighted by molar-refractivity contribution is 5.93. The first-order valence-corrected chi connectivity index (χ1v) is 10.3. The lowest BCUT2D eigenvalue weighted by molar-refractivity contribution is -0.119. The van der Waals surface area contributed by atoms with Gasteiger partial charge in [-0.3, -0.25) is 4.79 Å². The summed E-state index contributed by atoms with van der Waals surface area (Å²) in [4.78, 5) is 14.7. The molecule has 2 fully saturated rings. The molecule has 1 aromatic heterocycles. The van der Waals surface area contributed by atoms with Crippen LogP contribution in [0.5, 0.6) is 0 Å². The van der Waals surface area contributed by atoms with Gasteiger partial charge in [-0.15, -0.1) is 10.2 Å². The molecule has 5 heteroatoms. The second-order valence-corrected chi connectivity index (χ2v) is 7.73. The molecule has 0 unspecified atom stereocenters. The summed E-state index contributed by atoms with van der Waals surface area (Å²) in [6.45, 7) is 2.13. The first-order chi connectivity index (χ1) is 13.3. The zero-order valence-corrected chi connectivity index (χ0v) is 15.9. The zero-order valence-electron chi connectivity index (χ0n) is 15.9. The third kappa shape index (κ3) is 4.46. The highest BCUT2D eigenvalue weighted by Gasteiger charge is 2.22. The molecule has 1 saturated carbocycles. The molecule has 0 radical (unpaired) electrons. The van der Waals surface area contributed by atoms with E-state index in [1.165, 1.54) is 25.7 Å². The van der Waals surface area contributed by atoms with Crippen molar-refractivity contribution < 1.29 is 4.79 Å². The second-order valence-electron chi connectivity index (χ2n) is 7.73. The van der Waals surface area contributed by atoms with Crippen molar-refractivity contribution in [3.05, 3.63) is 36.4 Å². The number of nitrogens with one attached hydrogen (secondary N) is 1. The summed E-state index contributed by atoms with van der Waals surface area (Å²) in [5.74, 6) is 1.28. The van der Waals surface area contributed by atoms with Crippen molar-refractivity contribution in [1.29, 1.82) is 0 Å². The average Bonchev–Trinajstić information content (AvgIpc) is 3.11. The molecule has 142 valence electrons. The predicted molar refractivity (Wildman–Crippen MR) is 109 cm³/mol. The Hall–Kier alpha value is -2.43. The minimum absolute atomic E-state index is 0.146. The Kier molecular flexibility index (Phi) is 5.66. The van der Waals surface area contributed by atoms with Gasteiger partial charge in [0.15, 0.2) is 5.82 Å². The van der Waals surface area contributed by atoms with E-state index in [1.54, 1.807) is 0 Å². The van der Waals surface area contributed by atoms with Gasteiger partial charge in [-0.05, 0) is 49.9 Å². The molecular formula is C22H28N4O. The van der Waals surface area contributed by atoms with Gasteiger partial charge in [0.05, 0.1) is 5.69 Å². The summed E-state index contributed by atoms with van der Waals surface area (Å²) in [6.07, 6.45) is 9.42. The summed E-state index contributed by atoms with van der Waals surface area (Å²) >= 11 is 0. The van der Waals surface area contributed by atoms with Crippen molar-refractivity contribution in [2.75, 3.05) is 23.3 Å². The van der Waals surface area contributed by atoms with Gasteiger partial charge in [-0.25, -0.2) is 0 Å². The first kappa shape index (κ1) is 18.0. The lowest BCUT2D eigenvalue weighted by Crippen LogP contribution is -2.25. The van der Waals surface area contributed by atoms with Gasteiger partial charge < -0.3 is 10.2 Å². The van der Waals surface area contributed by atoms with Crippen LogP contribution in [-0.2, 0) is 4.79 Å². The maximum Gasteiger partial charge on any atom is 0.227 e. The monoisotopic (exact) mass is 364 g/mol. The van der Waals surface area contributed by atoms with Crippen LogP contribution in [0.1, 0.15) is 51.4 Å². The van der Waals surface area contributed by atoms with Gasteiger partial charge in [-0.2, -0.15) is 0 Å². The fourth-order valence-electron chi connectivity index (χ4n) is 4.14. The van der Waals surface area contributed by atoms with Crippen molar-refractivity contribution in [3.8, 4) is 11.3 Å². The lowest BCUT2D eigenvalue weighted by Gasteiger charge is -2.20. The Morgan fingerprint density at radius 1 is 0.926 bits per heavy atom. The summed E-state index contributed by atoms with van der Waals surface area (Å²) < 4.78 is 0. The smallest absolute Gasteiger partial charge is 0.227 e. The van der Waals surface area contributed by atoms with Crippen LogP contribution in [0.25, 0.3) is 11.3 Å². The van der Waals surface area contributed by atoms with Gasteiger partial charge in [0, 0.05) is 30.3 Å². The van der Waals surface area contributed by atoms with E-state index in [1.807, 2.05) is 30.3 Å². The minimum Gasteiger partial charge on any atom is -0.355 e. The fraction of sp³-hybridized carbons (Fsp3) is 0.500. The van der Waals surface area contributed by atoms with Crippen molar-refractivity contribution in [3.63, 3.8) is 0 Å². The number of hydrogen-bond donors (Lipinski definition) is 1. The molecule has 4 rings (SSSR count). The Morgan fingerprint density at radius 2 is 1.70 bits per heavy atom. The summed E-state index contributed by atoms with van der Waals surface area (Å²) in [7, 11) is 0. The Balaban J connectivity index is 1.45. The van der Waals surface area contributed by atoms with Gasteiger partial charge in [0.1, 0.15) is 0 Å². The van der Waals surface area contributed by atoms with Crippen molar-refractivity contribution in [2.45, 2.75) is 51.4 Å². The normalized spacial score (nSPS) is 18.3. The van der Waals surface area contributed by atoms with Crippen LogP contribution < -0.4 is 10.2 Å². The Morgan fingerprint density at radius 3 is 2.41 bits per heavy atom. The quantitative estimate of drug-likeness (QED) is 0.858. The maximum atomic E-state index is 12.4. The molecule has 1 amide bonds. The molecular weight excluding hydrogens is 336 g/mol. The molecule has 1 aromatic carbocycles. The van der Waals surface area contributed by atoms with E-state index in [0.717, 1.165) is 61.5 Å². The number of benzene rings is 1. The molecule has 27 heavy (non-hydrogen) atoms. The van der Waals surface area contributed by atoms with Crippen LogP contribution in [0, 0.1) is 5.92 Å². The number of aromatic nitrogens is 2. The molecule has 0 bridgehead atoms. The molecule has 1 N–H and O–H groups in total. The fourth-order valence-corrected chi connectivity index (χ4v) is 4.14. The third-order valence-electron chi connectivity index (χ3n) is 5.73. The van der Waals surface area contributed by atoms with E-state index < -0.39 is 0 Å². The molecule has 0 spiro atoms. The van der Waals surface area contributed by atoms with Crippen molar-refractivity contribution in [1.82, 2.24) is 10.2 Å². The van der Waals surface area contributed by atoms with E-state index in [9.17, 15) is 4.79 Å². The van der Waals surface area contributed by atoms with E-state index in [-0.39, 0.29) is 11.8 Å². The summed E-state index contributed by atoms with van der Waals surface area (Å²) in [5.41, 5.74) is 2.66. The highest BCUT2D eigenvalue weighted by atomic mass is 16.1. The highest BCUT2D eigenvalue weighted by Crippen LogP contribution is 2.27. The first-order valence-electron chi connectivity index (χ1n) is 10.3. The molecule has 2 heterocycles. The molecule has 1 saturated heterocycles. The molecule has 5 nitrogen and oxygen atoms in total. The average molecular weight is 364 g/mol. The van der Waals surface area contributed by atoms with E-state index >= 15 is 0 Å². The lowest BCUT2D eigenvalue weighted by atomic mass is 10.1. The summed E-state index contributed by atoms with van der Waals surface area (Å²) in [6, 6.07) is 12.0. The van der Waals surface area contributed by atoms with Gasteiger partial charge >= 0.3 is 0 Å². The van der Waals surface area contributed by atoms with Crippen LogP contribution in [0.15, 0.2) is 36.4 Å². The third-order valence-corrected chi connectivity index (χ3v) is 5.73. The number of nitrogens with zero attached hydrogens (tertiary/aromatic N) is 3. The molecule has 2 aromatic rings. The van der Waals surface area contributed by atoms with E-state index in [2.05, 4.69) is 26.5 Å². The maximum absolute atomic E-state index is 12.4. The van der Waals surface area contributed by atoms with Crippen LogP contribution in [0.2, 0.25) is 0 Å². The van der Waals surface area contributed by atoms with E-state index in [0.29, 0.717) is 0 Å². The number of amides is 1. The minimum atomic E-state index is 0.146. The number of carbonyl (C=O) groups excluding carboxylic acids is 1. The Bertz CT molecular complexity index is 760. The number of carbonyl (C=O) groups is 1. The standard InChI is InChI=1S/C22H28N4O/c27-22(17-8-3-4-9-17)23-19-11-7-10-18(16-19)20-12-13-21(25-24-20)26-14-5-1-2-6-15-26/h7,10-13,16-17H,1-6,8-9,14-15H2,(H,23,27). The SMILES string of the molecule is O=C(Nc1cccc(-c2ccc(N3CCCCCC3)nn2)c1)C1CCCC1. The van der Waals surface area contributed by atoms with Crippen molar-refractivity contribution >= 4 is 17.4 Å². The topological polar surface area (TPSA) is 58.1 Å². The summed E-state index contributed by atoms with van der Waals surface area (Å²) in [5, 5.41) is 12.0. The molecule has 2 aliphatic rings. The molecule has 1 aliphatic heterocycles.